The zero-order valence-electron chi connectivity index (χ0n) is 29.8. The molecule has 4 amide bonds. The van der Waals surface area contributed by atoms with E-state index in [-0.39, 0.29) is 36.5 Å². The number of halogens is 1. The Kier molecular flexibility index (Phi) is 9.72. The number of ether oxygens (including phenoxy) is 1. The molecule has 7 rings (SSSR count). The fourth-order valence-electron chi connectivity index (χ4n) is 7.29. The highest BCUT2D eigenvalue weighted by atomic mass is 32.2. The maximum absolute atomic E-state index is 14.7. The number of nitrogens with one attached hydrogen (secondary N) is 3. The van der Waals surface area contributed by atoms with Crippen molar-refractivity contribution in [2.45, 2.75) is 101 Å². The fraction of sp³-hybridized carbons (Fsp3) is 0.528. The van der Waals surface area contributed by atoms with Gasteiger partial charge in [0.25, 0.3) is 11.8 Å². The molecule has 3 fully saturated rings. The van der Waals surface area contributed by atoms with Crippen molar-refractivity contribution >= 4 is 44.7 Å². The van der Waals surface area contributed by atoms with Crippen LogP contribution in [0.3, 0.4) is 0 Å². The topological polar surface area (TPSA) is 195 Å². The molecule has 3 aromatic rings. The molecule has 2 saturated carbocycles. The third-order valence-corrected chi connectivity index (χ3v) is 12.3. The van der Waals surface area contributed by atoms with E-state index in [0.29, 0.717) is 49.0 Å². The molecule has 53 heavy (non-hydrogen) atoms. The number of rotatable bonds is 7. The van der Waals surface area contributed by atoms with Gasteiger partial charge in [-0.3, -0.25) is 28.6 Å². The van der Waals surface area contributed by atoms with Gasteiger partial charge in [-0.15, -0.1) is 0 Å². The number of para-hydroxylation sites is 1. The van der Waals surface area contributed by atoms with Crippen molar-refractivity contribution in [3.05, 3.63) is 59.3 Å². The van der Waals surface area contributed by atoms with Crippen LogP contribution in [0.25, 0.3) is 11.0 Å². The van der Waals surface area contributed by atoms with Crippen molar-refractivity contribution in [2.24, 2.45) is 13.0 Å². The van der Waals surface area contributed by atoms with Gasteiger partial charge in [-0.2, -0.15) is 5.10 Å². The fourth-order valence-corrected chi connectivity index (χ4v) is 8.65. The Hall–Kier alpha value is -4.93. The molecule has 4 aliphatic rings. The van der Waals surface area contributed by atoms with Gasteiger partial charge in [0, 0.05) is 19.4 Å². The maximum Gasteiger partial charge on any atom is 0.270 e. The van der Waals surface area contributed by atoms with Gasteiger partial charge in [0.1, 0.15) is 40.6 Å². The standard InChI is InChI=1S/C36H43FN8O7S/c1-20-16-28(44(3)42-20)31(46)39-27-12-8-6-4-5-7-10-22-18-36(22,35(49)43-53(50,51)24-14-15-24)41-32(47)29-17-23(19-45(29)34(27)48)52-33-21(2)38-26-13-9-11-25(37)30(26)40-33/h7,9-11,13,16,22-24,27,29H,4-6,8,12,14-15,17-19H2,1-3H3,(H,39,46)(H,41,47)(H,43,49)/b10-7-. The molecule has 2 aliphatic carbocycles. The van der Waals surface area contributed by atoms with Crippen molar-refractivity contribution < 1.29 is 36.7 Å². The van der Waals surface area contributed by atoms with E-state index >= 15 is 0 Å². The van der Waals surface area contributed by atoms with Gasteiger partial charge in [-0.25, -0.2) is 22.8 Å². The molecule has 1 aromatic carbocycles. The average molecular weight is 751 g/mol. The highest BCUT2D eigenvalue weighted by molar-refractivity contribution is 7.91. The third-order valence-electron chi connectivity index (χ3n) is 10.4. The molecule has 15 nitrogen and oxygen atoms in total. The molecular formula is C36H43FN8O7S. The van der Waals surface area contributed by atoms with Crippen LogP contribution in [0.4, 0.5) is 4.39 Å². The number of nitrogens with zero attached hydrogens (tertiary/aromatic N) is 5. The highest BCUT2D eigenvalue weighted by Gasteiger charge is 2.62. The molecule has 3 N–H and O–H groups in total. The minimum Gasteiger partial charge on any atom is -0.471 e. The second-order valence-corrected chi connectivity index (χ2v) is 16.5. The molecule has 2 aromatic heterocycles. The number of hydrogen-bond acceptors (Lipinski definition) is 10. The number of sulfonamides is 1. The summed E-state index contributed by atoms with van der Waals surface area (Å²) in [5, 5.41) is 9.31. The van der Waals surface area contributed by atoms with Crippen LogP contribution in [0.2, 0.25) is 0 Å². The minimum atomic E-state index is -3.91. The number of benzene rings is 1. The van der Waals surface area contributed by atoms with Crippen LogP contribution in [0.5, 0.6) is 5.88 Å². The first-order valence-electron chi connectivity index (χ1n) is 18.0. The number of amides is 4. The molecule has 5 atom stereocenters. The lowest BCUT2D eigenvalue weighted by Crippen LogP contribution is -2.58. The predicted molar refractivity (Wildman–Crippen MR) is 189 cm³/mol. The second kappa shape index (κ2) is 14.1. The average Bonchev–Trinajstić information content (AvgIpc) is 4.00. The summed E-state index contributed by atoms with van der Waals surface area (Å²) in [6, 6.07) is 3.84. The van der Waals surface area contributed by atoms with Gasteiger partial charge >= 0.3 is 0 Å². The summed E-state index contributed by atoms with van der Waals surface area (Å²) in [6.45, 7) is 3.31. The Morgan fingerprint density at radius 3 is 2.62 bits per heavy atom. The van der Waals surface area contributed by atoms with E-state index in [0.717, 1.165) is 12.8 Å². The summed E-state index contributed by atoms with van der Waals surface area (Å²) < 4.78 is 50.2. The van der Waals surface area contributed by atoms with E-state index in [2.05, 4.69) is 30.4 Å². The lowest BCUT2D eigenvalue weighted by molar-refractivity contribution is -0.141. The van der Waals surface area contributed by atoms with Crippen molar-refractivity contribution in [3.8, 4) is 5.88 Å². The Balaban J connectivity index is 1.20. The minimum absolute atomic E-state index is 0.00451. The first-order chi connectivity index (χ1) is 25.3. The van der Waals surface area contributed by atoms with Crippen LogP contribution in [0, 0.1) is 25.6 Å². The summed E-state index contributed by atoms with van der Waals surface area (Å²) in [7, 11) is -2.28. The van der Waals surface area contributed by atoms with Crippen LogP contribution >= 0.6 is 0 Å². The zero-order valence-corrected chi connectivity index (χ0v) is 30.6. The predicted octanol–water partition coefficient (Wildman–Crippen LogP) is 2.27. The molecular weight excluding hydrogens is 708 g/mol. The number of allylic oxidation sites excluding steroid dienone is 1. The Morgan fingerprint density at radius 1 is 1.09 bits per heavy atom. The van der Waals surface area contributed by atoms with Crippen molar-refractivity contribution in [1.29, 1.82) is 0 Å². The Morgan fingerprint density at radius 2 is 1.89 bits per heavy atom. The summed E-state index contributed by atoms with van der Waals surface area (Å²) in [5.74, 6) is -3.52. The SMILES string of the molecule is Cc1cc(C(=O)NC2CCCCC/C=C\C3CC3(C(=O)NS(=O)(=O)C3CC3)NC(=O)C3CC(Oc4nc5c(F)cccc5nc4C)CN3C2=O)n(C)n1. The summed E-state index contributed by atoms with van der Waals surface area (Å²) >= 11 is 0. The smallest absolute Gasteiger partial charge is 0.270 e. The summed E-state index contributed by atoms with van der Waals surface area (Å²) in [6.07, 6.45) is 7.11. The second-order valence-electron chi connectivity index (χ2n) is 14.5. The Bertz CT molecular complexity index is 2120. The number of aryl methyl sites for hydroxylation is 3. The number of carbonyl (C=O) groups excluding carboxylic acids is 4. The van der Waals surface area contributed by atoms with Gasteiger partial charge in [0.15, 0.2) is 5.82 Å². The number of hydrogen-bond donors (Lipinski definition) is 3. The van der Waals surface area contributed by atoms with E-state index in [1.54, 1.807) is 33.0 Å². The van der Waals surface area contributed by atoms with Gasteiger partial charge in [-0.1, -0.05) is 31.1 Å². The third kappa shape index (κ3) is 7.48. The largest absolute Gasteiger partial charge is 0.471 e. The lowest BCUT2D eigenvalue weighted by atomic mass is 10.0. The monoisotopic (exact) mass is 750 g/mol. The highest BCUT2D eigenvalue weighted by Crippen LogP contribution is 2.46. The molecule has 0 spiro atoms. The zero-order chi connectivity index (χ0) is 37.7. The number of fused-ring (bicyclic) bond motifs is 3. The van der Waals surface area contributed by atoms with Crippen molar-refractivity contribution in [1.82, 2.24) is 40.0 Å². The van der Waals surface area contributed by atoms with Gasteiger partial charge in [0.2, 0.25) is 27.7 Å². The maximum atomic E-state index is 14.7. The molecule has 0 radical (unpaired) electrons. The van der Waals surface area contributed by atoms with Crippen LogP contribution in [0.1, 0.15) is 79.7 Å². The van der Waals surface area contributed by atoms with Crippen LogP contribution in [-0.4, -0.2) is 92.2 Å². The molecule has 4 heterocycles. The van der Waals surface area contributed by atoms with Gasteiger partial charge in [-0.05, 0) is 70.6 Å². The van der Waals surface area contributed by atoms with Crippen LogP contribution in [-0.2, 0) is 31.5 Å². The normalized spacial score (nSPS) is 27.1. The summed E-state index contributed by atoms with van der Waals surface area (Å²) in [5.41, 5.74) is 0.0750. The van der Waals surface area contributed by atoms with Gasteiger partial charge in [0.05, 0.1) is 23.0 Å². The molecule has 1 saturated heterocycles. The quantitative estimate of drug-likeness (QED) is 0.302. The lowest BCUT2D eigenvalue weighted by Gasteiger charge is -2.30. The van der Waals surface area contributed by atoms with Gasteiger partial charge < -0.3 is 20.3 Å². The Labute approximate surface area is 306 Å². The van der Waals surface area contributed by atoms with E-state index in [1.807, 2.05) is 12.2 Å². The van der Waals surface area contributed by atoms with E-state index < -0.39 is 74.4 Å². The van der Waals surface area contributed by atoms with E-state index in [1.165, 1.54) is 21.7 Å². The van der Waals surface area contributed by atoms with E-state index in [4.69, 9.17) is 4.74 Å². The first kappa shape index (κ1) is 36.4. The first-order valence-corrected chi connectivity index (χ1v) is 19.6. The molecule has 0 bridgehead atoms. The van der Waals surface area contributed by atoms with Crippen molar-refractivity contribution in [3.63, 3.8) is 0 Å². The number of aromatic nitrogens is 4. The summed E-state index contributed by atoms with van der Waals surface area (Å²) in [4.78, 5) is 66.2. The number of carbonyl (C=O) groups is 4. The molecule has 5 unspecified atom stereocenters. The molecule has 17 heteroatoms. The van der Waals surface area contributed by atoms with Crippen LogP contribution in [0.15, 0.2) is 36.4 Å². The van der Waals surface area contributed by atoms with Crippen molar-refractivity contribution in [2.75, 3.05) is 6.54 Å². The van der Waals surface area contributed by atoms with Crippen LogP contribution < -0.4 is 20.1 Å². The van der Waals surface area contributed by atoms with E-state index in [9.17, 15) is 32.0 Å². The molecule has 2 aliphatic heterocycles. The molecule has 282 valence electrons.